The van der Waals surface area contributed by atoms with Crippen molar-refractivity contribution in [3.63, 3.8) is 0 Å². The number of fused-ring (bicyclic) bond motifs is 1. The fourth-order valence-corrected chi connectivity index (χ4v) is 5.23. The van der Waals surface area contributed by atoms with Crippen molar-refractivity contribution in [3.8, 4) is 17.2 Å². The van der Waals surface area contributed by atoms with Crippen molar-refractivity contribution in [1.82, 2.24) is 4.90 Å². The predicted molar refractivity (Wildman–Crippen MR) is 140 cm³/mol. The Kier molecular flexibility index (Phi) is 6.57. The number of carbonyl (C=O) groups excluding carboxylic acids is 3. The molecule has 0 aromatic heterocycles. The number of methoxy groups -OCH3 is 3. The van der Waals surface area contributed by atoms with Gasteiger partial charge in [0.15, 0.2) is 11.5 Å². The summed E-state index contributed by atoms with van der Waals surface area (Å²) in [7, 11) is 4.28. The number of nitro benzene ring substituents is 1. The van der Waals surface area contributed by atoms with Gasteiger partial charge in [-0.2, -0.15) is 0 Å². The van der Waals surface area contributed by atoms with Crippen LogP contribution in [0, 0.1) is 10.1 Å². The van der Waals surface area contributed by atoms with Crippen LogP contribution in [0.2, 0.25) is 10.0 Å². The highest BCUT2D eigenvalue weighted by Gasteiger charge is 2.58. The fourth-order valence-electron chi connectivity index (χ4n) is 4.94. The molecule has 1 fully saturated rings. The van der Waals surface area contributed by atoms with E-state index in [0.29, 0.717) is 17.0 Å². The van der Waals surface area contributed by atoms with Crippen LogP contribution in [0.25, 0.3) is 0 Å². The van der Waals surface area contributed by atoms with Gasteiger partial charge in [-0.05, 0) is 42.0 Å². The number of carbonyl (C=O) groups is 3. The van der Waals surface area contributed by atoms with Crippen molar-refractivity contribution in [2.75, 3.05) is 26.2 Å². The molecule has 5 rings (SSSR count). The lowest BCUT2D eigenvalue weighted by molar-refractivity contribution is -0.385. The van der Waals surface area contributed by atoms with E-state index in [1.165, 1.54) is 50.5 Å². The topological polar surface area (TPSA) is 129 Å². The zero-order chi connectivity index (χ0) is 28.2. The maximum atomic E-state index is 13.7. The van der Waals surface area contributed by atoms with Crippen LogP contribution in [0.4, 0.5) is 11.4 Å². The zero-order valence-corrected chi connectivity index (χ0v) is 22.1. The molecule has 0 bridgehead atoms. The van der Waals surface area contributed by atoms with E-state index in [0.717, 1.165) is 11.0 Å². The largest absolute Gasteiger partial charge is 0.493 e. The molecule has 11 nitrogen and oxygen atoms in total. The van der Waals surface area contributed by atoms with Crippen molar-refractivity contribution in [2.45, 2.75) is 12.1 Å². The minimum atomic E-state index is -1.34. The molecular formula is C26H19Cl2N3O8. The summed E-state index contributed by atoms with van der Waals surface area (Å²) < 4.78 is 16.3. The Balaban J connectivity index is 1.67. The smallest absolute Gasteiger partial charge is 0.282 e. The molecule has 13 heteroatoms. The monoisotopic (exact) mass is 571 g/mol. The van der Waals surface area contributed by atoms with Crippen LogP contribution in [0.1, 0.15) is 32.3 Å². The molecule has 0 unspecified atom stereocenters. The summed E-state index contributed by atoms with van der Waals surface area (Å²) in [6.07, 6.45) is 0. The van der Waals surface area contributed by atoms with E-state index in [9.17, 15) is 24.5 Å². The molecule has 1 saturated heterocycles. The van der Waals surface area contributed by atoms with E-state index >= 15 is 0 Å². The van der Waals surface area contributed by atoms with Gasteiger partial charge in [0, 0.05) is 11.8 Å². The first-order valence-electron chi connectivity index (χ1n) is 11.4. The number of rotatable bonds is 7. The van der Waals surface area contributed by atoms with Gasteiger partial charge in [-0.25, -0.2) is 0 Å². The lowest BCUT2D eigenvalue weighted by atomic mass is 9.86. The predicted octanol–water partition coefficient (Wildman–Crippen LogP) is 4.68. The SMILES string of the molecule is COc1cc([C@H]2[C@H](N3C(=O)c4cccc([N+](=O)[O-])c4C3=O)C(=O)N2c2ccc(Cl)c(Cl)c2)cc(OC)c1OC. The Morgan fingerprint density at radius 1 is 0.821 bits per heavy atom. The van der Waals surface area contributed by atoms with E-state index < -0.39 is 40.4 Å². The van der Waals surface area contributed by atoms with E-state index in [-0.39, 0.29) is 32.7 Å². The summed E-state index contributed by atoms with van der Waals surface area (Å²) in [4.78, 5) is 53.6. The van der Waals surface area contributed by atoms with Gasteiger partial charge >= 0.3 is 0 Å². The molecule has 3 amide bonds. The fraction of sp³-hybridized carbons (Fsp3) is 0.192. The van der Waals surface area contributed by atoms with Gasteiger partial charge in [-0.3, -0.25) is 29.4 Å². The molecule has 3 aromatic rings. The second-order valence-electron chi connectivity index (χ2n) is 8.59. The van der Waals surface area contributed by atoms with E-state index in [4.69, 9.17) is 37.4 Å². The van der Waals surface area contributed by atoms with Crippen molar-refractivity contribution < 1.29 is 33.5 Å². The van der Waals surface area contributed by atoms with Gasteiger partial charge in [0.2, 0.25) is 5.75 Å². The van der Waals surface area contributed by atoms with Crippen molar-refractivity contribution in [2.24, 2.45) is 0 Å². The van der Waals surface area contributed by atoms with Gasteiger partial charge in [0.05, 0.1) is 47.9 Å². The lowest BCUT2D eigenvalue weighted by Gasteiger charge is -2.49. The van der Waals surface area contributed by atoms with Crippen LogP contribution < -0.4 is 19.1 Å². The summed E-state index contributed by atoms with van der Waals surface area (Å²) in [5, 5.41) is 12.1. The van der Waals surface area contributed by atoms with Crippen LogP contribution in [-0.2, 0) is 4.79 Å². The summed E-state index contributed by atoms with van der Waals surface area (Å²) in [5.41, 5.74) is -0.250. The van der Waals surface area contributed by atoms with Gasteiger partial charge in [0.1, 0.15) is 11.6 Å². The van der Waals surface area contributed by atoms with Crippen molar-refractivity contribution in [1.29, 1.82) is 0 Å². The molecule has 2 atom stereocenters. The third-order valence-electron chi connectivity index (χ3n) is 6.68. The number of benzene rings is 3. The zero-order valence-electron chi connectivity index (χ0n) is 20.6. The van der Waals surface area contributed by atoms with Gasteiger partial charge < -0.3 is 19.1 Å². The molecule has 39 heavy (non-hydrogen) atoms. The molecule has 200 valence electrons. The number of anilines is 1. The molecular weight excluding hydrogens is 553 g/mol. The first-order chi connectivity index (χ1) is 18.6. The van der Waals surface area contributed by atoms with Crippen molar-refractivity contribution >= 4 is 52.3 Å². The van der Waals surface area contributed by atoms with E-state index in [1.54, 1.807) is 18.2 Å². The number of nitrogens with zero attached hydrogens (tertiary/aromatic N) is 3. The first kappa shape index (κ1) is 26.3. The number of imide groups is 1. The minimum absolute atomic E-state index is 0.154. The Morgan fingerprint density at radius 2 is 1.49 bits per heavy atom. The lowest BCUT2D eigenvalue weighted by Crippen LogP contribution is -2.67. The Morgan fingerprint density at radius 3 is 2.05 bits per heavy atom. The van der Waals surface area contributed by atoms with Gasteiger partial charge in [-0.1, -0.05) is 29.3 Å². The minimum Gasteiger partial charge on any atom is -0.493 e. The van der Waals surface area contributed by atoms with Crippen LogP contribution in [-0.4, -0.2) is 54.9 Å². The highest BCUT2D eigenvalue weighted by molar-refractivity contribution is 6.42. The third-order valence-corrected chi connectivity index (χ3v) is 7.42. The Bertz CT molecular complexity index is 1550. The molecule has 0 spiro atoms. The van der Waals surface area contributed by atoms with E-state index in [2.05, 4.69) is 0 Å². The molecule has 3 aromatic carbocycles. The maximum absolute atomic E-state index is 13.7. The molecule has 0 saturated carbocycles. The average molecular weight is 572 g/mol. The number of nitro groups is 1. The number of amides is 3. The highest BCUT2D eigenvalue weighted by atomic mass is 35.5. The molecule has 2 heterocycles. The molecule has 0 N–H and O–H groups in total. The summed E-state index contributed by atoms with van der Waals surface area (Å²) in [5.74, 6) is -1.52. The second-order valence-corrected chi connectivity index (χ2v) is 9.41. The maximum Gasteiger partial charge on any atom is 0.282 e. The Labute approximate surface area is 231 Å². The van der Waals surface area contributed by atoms with Crippen LogP contribution in [0.3, 0.4) is 0 Å². The van der Waals surface area contributed by atoms with Crippen molar-refractivity contribution in [3.05, 3.63) is 85.4 Å². The van der Waals surface area contributed by atoms with Crippen LogP contribution >= 0.6 is 23.2 Å². The molecule has 0 radical (unpaired) electrons. The molecule has 2 aliphatic heterocycles. The van der Waals surface area contributed by atoms with Crippen LogP contribution in [0.5, 0.6) is 17.2 Å². The van der Waals surface area contributed by atoms with Gasteiger partial charge in [-0.15, -0.1) is 0 Å². The second kappa shape index (κ2) is 9.75. The highest BCUT2D eigenvalue weighted by Crippen LogP contribution is 2.49. The number of ether oxygens (including phenoxy) is 3. The third kappa shape index (κ3) is 3.93. The quantitative estimate of drug-likeness (QED) is 0.173. The number of β-lactam (4-membered cyclic amide) rings is 1. The van der Waals surface area contributed by atoms with Crippen LogP contribution in [0.15, 0.2) is 48.5 Å². The summed E-state index contributed by atoms with van der Waals surface area (Å²) in [6.45, 7) is 0. The summed E-state index contributed by atoms with van der Waals surface area (Å²) in [6, 6.07) is 9.24. The van der Waals surface area contributed by atoms with Gasteiger partial charge in [0.25, 0.3) is 23.4 Å². The van der Waals surface area contributed by atoms with E-state index in [1.807, 2.05) is 0 Å². The summed E-state index contributed by atoms with van der Waals surface area (Å²) >= 11 is 12.3. The number of hydrogen-bond acceptors (Lipinski definition) is 8. The normalized spacial score (nSPS) is 18.1. The standard InChI is InChI=1S/C26H19Cl2N3O8/c1-37-18-9-12(10-19(38-2)23(18)39-3)21-22(26(34)29(21)13-7-8-15(27)16(28)11-13)30-24(32)14-5-4-6-17(31(35)36)20(14)25(30)33/h4-11,21-22H,1-3H3/t21-,22-/m0/s1. The Hall–Kier alpha value is -4.35. The molecule has 0 aliphatic carbocycles. The first-order valence-corrected chi connectivity index (χ1v) is 12.1. The average Bonchev–Trinajstić information content (AvgIpc) is 3.17. The number of halogens is 2. The molecule has 2 aliphatic rings. The number of hydrogen-bond donors (Lipinski definition) is 0.